The van der Waals surface area contributed by atoms with E-state index in [1.807, 2.05) is 78.3 Å². The summed E-state index contributed by atoms with van der Waals surface area (Å²) in [6.07, 6.45) is 18.3. The quantitative estimate of drug-likeness (QED) is 0.0241. The molecule has 25 heteroatoms. The summed E-state index contributed by atoms with van der Waals surface area (Å²) < 4.78 is 17.7. The number of aromatic carboxylic acids is 1. The third kappa shape index (κ3) is 14.2. The van der Waals surface area contributed by atoms with Crippen LogP contribution in [0.3, 0.4) is 0 Å². The van der Waals surface area contributed by atoms with Gasteiger partial charge in [-0.25, -0.2) is 14.8 Å². The van der Waals surface area contributed by atoms with Crippen LogP contribution in [0, 0.1) is 30.1 Å². The molecule has 7 heterocycles. The van der Waals surface area contributed by atoms with Crippen LogP contribution in [0.5, 0.6) is 5.75 Å². The van der Waals surface area contributed by atoms with Gasteiger partial charge in [0.05, 0.1) is 45.4 Å². The number of para-hydroxylation sites is 1. The zero-order valence-corrected chi connectivity index (χ0v) is 54.8. The third-order valence-corrected chi connectivity index (χ3v) is 20.1. The van der Waals surface area contributed by atoms with Crippen molar-refractivity contribution in [3.05, 3.63) is 107 Å². The molecule has 4 aliphatic carbocycles. The van der Waals surface area contributed by atoms with E-state index in [-0.39, 0.29) is 69.8 Å². The molecule has 1 saturated heterocycles. The van der Waals surface area contributed by atoms with Crippen LogP contribution in [0.1, 0.15) is 165 Å². The number of carboxylic acid groups (broad SMARTS) is 1. The minimum Gasteiger partial charge on any atom is -0.483 e. The molecule has 13 rings (SSSR count). The van der Waals surface area contributed by atoms with Gasteiger partial charge in [-0.1, -0.05) is 67.9 Å². The smallest absolute Gasteiger partial charge is 0.355 e. The number of carbonyl (C=O) groups is 6. The number of nitrogens with one attached hydrogen (secondary N) is 3. The molecule has 4 bridgehead atoms. The van der Waals surface area contributed by atoms with E-state index >= 15 is 0 Å². The molecule has 93 heavy (non-hydrogen) atoms. The van der Waals surface area contributed by atoms with Gasteiger partial charge in [0.1, 0.15) is 17.6 Å². The SMILES string of the molecule is Cc1cc(N(CCCCCn2cc(CCCCCCCNC(=O)COc3cccc4c3C(=O)N(C3CCC(=O)NC3=O)C4=O)nn2)c2ccc(-c3cnn(CC45CC6(C)CC(C)(C4)CC(OCCN(C)C)(C6)C5)c3C)c(C(=O)O)n2)nnc1Nc1nc2ccccc2s1. The molecule has 0 spiro atoms. The Bertz CT molecular complexity index is 3940. The summed E-state index contributed by atoms with van der Waals surface area (Å²) in [4.78, 5) is 91.4. The van der Waals surface area contributed by atoms with Crippen molar-refractivity contribution in [1.82, 2.24) is 65.4 Å². The Hall–Kier alpha value is -8.55. The number of nitrogens with zero attached hydrogens (tertiary/aromatic N) is 12. The number of thiazole rings is 1. The van der Waals surface area contributed by atoms with Crippen molar-refractivity contribution in [2.45, 2.75) is 162 Å². The van der Waals surface area contributed by atoms with Gasteiger partial charge in [0.2, 0.25) is 11.8 Å². The van der Waals surface area contributed by atoms with Crippen molar-refractivity contribution in [2.75, 3.05) is 57.2 Å². The predicted molar refractivity (Wildman–Crippen MR) is 350 cm³/mol. The first-order chi connectivity index (χ1) is 44.7. The molecular weight excluding hydrogens is 1200 g/mol. The van der Waals surface area contributed by atoms with Crippen LogP contribution < -0.4 is 25.6 Å². The number of rotatable bonds is 30. The number of aryl methyl sites for hydroxylation is 3. The van der Waals surface area contributed by atoms with Crippen LogP contribution in [0.25, 0.3) is 21.3 Å². The second-order valence-electron chi connectivity index (χ2n) is 27.5. The molecule has 6 aliphatic rings. The van der Waals surface area contributed by atoms with Gasteiger partial charge in [0.25, 0.3) is 17.7 Å². The molecule has 0 radical (unpaired) electrons. The number of benzene rings is 2. The molecule has 5 fully saturated rings. The van der Waals surface area contributed by atoms with Crippen LogP contribution in [0.2, 0.25) is 0 Å². The second kappa shape index (κ2) is 26.8. The first-order valence-corrected chi connectivity index (χ1v) is 33.4. The van der Waals surface area contributed by atoms with Crippen LogP contribution in [-0.2, 0) is 38.6 Å². The summed E-state index contributed by atoms with van der Waals surface area (Å²) >= 11 is 1.54. The first kappa shape index (κ1) is 64.6. The summed E-state index contributed by atoms with van der Waals surface area (Å²) in [5, 5.41) is 43.3. The number of pyridine rings is 1. The number of hydrogen-bond donors (Lipinski definition) is 4. The molecule has 24 nitrogen and oxygen atoms in total. The Morgan fingerprint density at radius 3 is 2.37 bits per heavy atom. The van der Waals surface area contributed by atoms with Crippen LogP contribution in [0.4, 0.5) is 22.6 Å². The Balaban J connectivity index is 0.631. The lowest BCUT2D eigenvalue weighted by atomic mass is 9.39. The zero-order valence-electron chi connectivity index (χ0n) is 54.0. The molecule has 5 aromatic heterocycles. The number of piperidine rings is 1. The van der Waals surface area contributed by atoms with Gasteiger partial charge in [0, 0.05) is 62.2 Å². The van der Waals surface area contributed by atoms with Crippen molar-refractivity contribution in [3.8, 4) is 16.9 Å². The number of anilines is 4. The summed E-state index contributed by atoms with van der Waals surface area (Å²) in [5.74, 6) is -2.38. The lowest BCUT2D eigenvalue weighted by molar-refractivity contribution is -0.248. The van der Waals surface area contributed by atoms with Crippen molar-refractivity contribution >= 4 is 79.6 Å². The molecular formula is C68H83N15O9S. The highest BCUT2D eigenvalue weighted by molar-refractivity contribution is 7.22. The average molecular weight is 1290 g/mol. The summed E-state index contributed by atoms with van der Waals surface area (Å²) in [5.41, 5.74) is 5.07. The molecule has 4 saturated carbocycles. The fourth-order valence-corrected chi connectivity index (χ4v) is 17.0. The van der Waals surface area contributed by atoms with Gasteiger partial charge in [0.15, 0.2) is 29.1 Å². The lowest BCUT2D eigenvalue weighted by Crippen LogP contribution is -2.64. The number of unbranched alkanes of at least 4 members (excludes halogenated alkanes) is 6. The number of carbonyl (C=O) groups excluding carboxylic acids is 5. The highest BCUT2D eigenvalue weighted by Gasteiger charge is 2.66. The maximum Gasteiger partial charge on any atom is 0.355 e. The fourth-order valence-electron chi connectivity index (χ4n) is 16.1. The van der Waals surface area contributed by atoms with E-state index in [1.54, 1.807) is 6.07 Å². The van der Waals surface area contributed by atoms with Crippen molar-refractivity contribution in [3.63, 3.8) is 0 Å². The first-order valence-electron chi connectivity index (χ1n) is 32.6. The van der Waals surface area contributed by atoms with E-state index in [9.17, 15) is 33.9 Å². The number of imide groups is 2. The van der Waals surface area contributed by atoms with Crippen molar-refractivity contribution in [1.29, 1.82) is 0 Å². The van der Waals surface area contributed by atoms with Gasteiger partial charge in [-0.2, -0.15) is 5.10 Å². The Labute approximate surface area is 544 Å². The molecule has 3 atom stereocenters. The fraction of sp³-hybridized carbons (Fsp3) is 0.515. The number of aromatic nitrogens is 9. The second-order valence-corrected chi connectivity index (χ2v) is 28.5. The van der Waals surface area contributed by atoms with E-state index in [0.29, 0.717) is 54.4 Å². The van der Waals surface area contributed by atoms with Gasteiger partial charge in [-0.15, -0.1) is 15.3 Å². The number of ether oxygens (including phenoxy) is 2. The molecule has 2 aromatic carbocycles. The van der Waals surface area contributed by atoms with Crippen LogP contribution >= 0.6 is 11.3 Å². The average Bonchev–Trinajstić information content (AvgIpc) is 1.04. The van der Waals surface area contributed by atoms with Gasteiger partial charge in [-0.3, -0.25) is 43.6 Å². The molecule has 5 amide bonds. The largest absolute Gasteiger partial charge is 0.483 e. The van der Waals surface area contributed by atoms with E-state index in [1.165, 1.54) is 29.9 Å². The zero-order chi connectivity index (χ0) is 65.2. The molecule has 7 aromatic rings. The maximum absolute atomic E-state index is 13.4. The highest BCUT2D eigenvalue weighted by atomic mass is 32.1. The Kier molecular flexibility index (Phi) is 18.6. The molecule has 490 valence electrons. The Morgan fingerprint density at radius 1 is 0.806 bits per heavy atom. The minimum atomic E-state index is -1.13. The van der Waals surface area contributed by atoms with Crippen molar-refractivity contribution in [2.24, 2.45) is 16.2 Å². The van der Waals surface area contributed by atoms with Gasteiger partial charge >= 0.3 is 5.97 Å². The molecule has 2 aliphatic heterocycles. The molecule has 3 unspecified atom stereocenters. The summed E-state index contributed by atoms with van der Waals surface area (Å²) in [7, 11) is 4.18. The number of hydrogen-bond acceptors (Lipinski definition) is 19. The summed E-state index contributed by atoms with van der Waals surface area (Å²) in [6.45, 7) is 12.5. The predicted octanol–water partition coefficient (Wildman–Crippen LogP) is 9.79. The number of carboxylic acids is 1. The molecule has 4 N–H and O–H groups in total. The van der Waals surface area contributed by atoms with Crippen LogP contribution in [0.15, 0.2) is 73.1 Å². The monoisotopic (exact) mass is 1290 g/mol. The highest BCUT2D eigenvalue weighted by Crippen LogP contribution is 2.72. The van der Waals surface area contributed by atoms with Crippen molar-refractivity contribution < 1.29 is 43.3 Å². The number of amides is 5. The lowest BCUT2D eigenvalue weighted by Gasteiger charge is -2.69. The van der Waals surface area contributed by atoms with E-state index in [4.69, 9.17) is 29.6 Å². The standard InChI is InChI=1S/C68H83N15O9S/c1-43-32-54(76-77-59(43)74-64-71-49-20-12-13-22-52(49)93-64)81(53-25-23-46(58(72-53)63(89)90)48-33-70-82(44(48)2)42-67-37-65(3)36-66(4,38-67)40-68(39-65,41-67)92-31-30-79(5)6)29-16-10-15-28-80-34-45(75-78-80)18-11-8-7-9-14-27-69-56(85)35-91-51-21-17-19-47-57(51)62(88)83(61(47)87)50-24-26-55(84)73-60(50)86/h12-13,17,19-23,25,32-34,50H,7-11,14-16,18,24,26-31,35-42H2,1-6H3,(H,69,85)(H,89,90)(H,71,74,77)(H,73,84,86). The normalized spacial score (nSPS) is 22.3. The number of likely N-dealkylation sites (N-methyl/N-ethyl adjacent to an activating group) is 1. The van der Waals surface area contributed by atoms with Gasteiger partial charge in [-0.05, 0) is 176 Å². The Morgan fingerprint density at radius 2 is 1.59 bits per heavy atom. The van der Waals surface area contributed by atoms with E-state index in [0.717, 1.165) is 141 Å². The minimum absolute atomic E-state index is 0.00649. The third-order valence-electron chi connectivity index (χ3n) is 19.2. The summed E-state index contributed by atoms with van der Waals surface area (Å²) in [6, 6.07) is 17.1. The van der Waals surface area contributed by atoms with Gasteiger partial charge < -0.3 is 35.0 Å². The van der Waals surface area contributed by atoms with E-state index in [2.05, 4.69) is 68.9 Å². The number of fused-ring (bicyclic) bond motifs is 2. The maximum atomic E-state index is 13.4. The van der Waals surface area contributed by atoms with Crippen LogP contribution in [-0.4, -0.2) is 154 Å². The topological polar surface area (TPSA) is 287 Å². The van der Waals surface area contributed by atoms with E-state index < -0.39 is 35.6 Å².